The van der Waals surface area contributed by atoms with Crippen molar-refractivity contribution in [2.24, 2.45) is 0 Å². The molecule has 3 aromatic rings. The van der Waals surface area contributed by atoms with E-state index in [9.17, 15) is 5.11 Å². The highest BCUT2D eigenvalue weighted by atomic mass is 16.5. The second kappa shape index (κ2) is 4.56. The third kappa shape index (κ3) is 1.90. The maximum Gasteiger partial charge on any atom is 0.180 e. The number of ether oxygens (including phenoxy) is 1. The Balaban J connectivity index is 2.23. The van der Waals surface area contributed by atoms with Crippen molar-refractivity contribution in [3.05, 3.63) is 47.8 Å². The van der Waals surface area contributed by atoms with Crippen LogP contribution in [0.2, 0.25) is 0 Å². The van der Waals surface area contributed by atoms with Gasteiger partial charge in [-0.2, -0.15) is 0 Å². The third-order valence-electron chi connectivity index (χ3n) is 3.46. The molecule has 0 aliphatic carbocycles. The minimum Gasteiger partial charge on any atom is -0.504 e. The normalized spacial score (nSPS) is 10.9. The highest BCUT2D eigenvalue weighted by Gasteiger charge is 2.13. The molecule has 1 aromatic carbocycles. The number of imidazole rings is 1. The molecule has 0 fully saturated rings. The van der Waals surface area contributed by atoms with Crippen LogP contribution in [0.25, 0.3) is 16.9 Å². The van der Waals surface area contributed by atoms with E-state index in [1.54, 1.807) is 19.2 Å². The van der Waals surface area contributed by atoms with Crippen molar-refractivity contribution >= 4 is 5.65 Å². The first-order valence-electron chi connectivity index (χ1n) is 6.42. The molecule has 0 saturated carbocycles. The highest BCUT2D eigenvalue weighted by molar-refractivity contribution is 5.72. The second-order valence-electron chi connectivity index (χ2n) is 4.89. The maximum atomic E-state index is 9.85. The first-order valence-corrected chi connectivity index (χ1v) is 6.42. The van der Waals surface area contributed by atoms with Crippen LogP contribution >= 0.6 is 0 Å². The molecule has 2 heterocycles. The highest BCUT2D eigenvalue weighted by Crippen LogP contribution is 2.31. The Hall–Kier alpha value is -2.49. The number of aromatic nitrogens is 2. The number of methoxy groups -OCH3 is 1. The van der Waals surface area contributed by atoms with Crippen molar-refractivity contribution in [2.75, 3.05) is 7.11 Å². The largest absolute Gasteiger partial charge is 0.504 e. The summed E-state index contributed by atoms with van der Waals surface area (Å²) in [6.07, 6.45) is 3.80. The van der Waals surface area contributed by atoms with Crippen LogP contribution in [-0.2, 0) is 0 Å². The number of aromatic hydroxyl groups is 1. The van der Waals surface area contributed by atoms with Crippen LogP contribution < -0.4 is 4.74 Å². The monoisotopic (exact) mass is 268 g/mol. The van der Waals surface area contributed by atoms with Crippen molar-refractivity contribution < 1.29 is 9.84 Å². The van der Waals surface area contributed by atoms with Crippen LogP contribution in [0, 0.1) is 13.8 Å². The van der Waals surface area contributed by atoms with Gasteiger partial charge < -0.3 is 14.2 Å². The van der Waals surface area contributed by atoms with E-state index >= 15 is 0 Å². The second-order valence-corrected chi connectivity index (χ2v) is 4.89. The summed E-state index contributed by atoms with van der Waals surface area (Å²) in [6, 6.07) is 7.42. The van der Waals surface area contributed by atoms with E-state index < -0.39 is 0 Å². The first-order chi connectivity index (χ1) is 9.60. The fourth-order valence-electron chi connectivity index (χ4n) is 2.56. The fraction of sp³-hybridized carbons (Fsp3) is 0.188. The lowest BCUT2D eigenvalue weighted by atomic mass is 10.00. The lowest BCUT2D eigenvalue weighted by Crippen LogP contribution is -1.91. The summed E-state index contributed by atoms with van der Waals surface area (Å²) in [4.78, 5) is 4.53. The molecule has 102 valence electrons. The molecule has 0 amide bonds. The molecular formula is C16H16N2O2. The molecule has 0 atom stereocenters. The van der Waals surface area contributed by atoms with Crippen molar-refractivity contribution in [2.45, 2.75) is 13.8 Å². The average molecular weight is 268 g/mol. The predicted octanol–water partition coefficient (Wildman–Crippen LogP) is 3.33. The van der Waals surface area contributed by atoms with Gasteiger partial charge in [-0.05, 0) is 49.2 Å². The topological polar surface area (TPSA) is 46.8 Å². The van der Waals surface area contributed by atoms with Crippen LogP contribution in [0.1, 0.15) is 11.1 Å². The van der Waals surface area contributed by atoms with E-state index in [0.717, 1.165) is 28.1 Å². The van der Waals surface area contributed by atoms with Gasteiger partial charge in [-0.1, -0.05) is 0 Å². The van der Waals surface area contributed by atoms with Crippen molar-refractivity contribution in [3.63, 3.8) is 0 Å². The maximum absolute atomic E-state index is 9.85. The Morgan fingerprint density at radius 1 is 1.20 bits per heavy atom. The van der Waals surface area contributed by atoms with Gasteiger partial charge in [0.25, 0.3) is 0 Å². The molecule has 0 saturated heterocycles. The van der Waals surface area contributed by atoms with Gasteiger partial charge in [-0.3, -0.25) is 0 Å². The Bertz CT molecular complexity index is 767. The lowest BCUT2D eigenvalue weighted by molar-refractivity contribution is 0.414. The third-order valence-corrected chi connectivity index (χ3v) is 3.46. The van der Waals surface area contributed by atoms with Gasteiger partial charge >= 0.3 is 0 Å². The standard InChI is InChI=1S/C16H16N2O2/c1-10-7-12(20-3)8-11(2)15(10)13-9-18-6-4-5-14(19)16(18)17-13/h4-9,19H,1-3H3. The van der Waals surface area contributed by atoms with Gasteiger partial charge in [-0.25, -0.2) is 4.98 Å². The van der Waals surface area contributed by atoms with E-state index in [1.807, 2.05) is 42.8 Å². The van der Waals surface area contributed by atoms with Crippen LogP contribution in [0.4, 0.5) is 0 Å². The summed E-state index contributed by atoms with van der Waals surface area (Å²) in [5, 5.41) is 9.85. The van der Waals surface area contributed by atoms with Crippen molar-refractivity contribution in [3.8, 4) is 22.8 Å². The molecule has 1 N–H and O–H groups in total. The molecule has 4 nitrogen and oxygen atoms in total. The number of hydrogen-bond donors (Lipinski definition) is 1. The minimum absolute atomic E-state index is 0.183. The van der Waals surface area contributed by atoms with Gasteiger partial charge in [-0.15, -0.1) is 0 Å². The quantitative estimate of drug-likeness (QED) is 0.775. The summed E-state index contributed by atoms with van der Waals surface area (Å²) in [7, 11) is 1.66. The average Bonchev–Trinajstić information content (AvgIpc) is 2.82. The lowest BCUT2D eigenvalue weighted by Gasteiger charge is -2.09. The number of fused-ring (bicyclic) bond motifs is 1. The summed E-state index contributed by atoms with van der Waals surface area (Å²) >= 11 is 0. The fourth-order valence-corrected chi connectivity index (χ4v) is 2.56. The van der Waals surface area contributed by atoms with E-state index in [-0.39, 0.29) is 5.75 Å². The first kappa shape index (κ1) is 12.5. The van der Waals surface area contributed by atoms with Gasteiger partial charge in [0.05, 0.1) is 12.8 Å². The van der Waals surface area contributed by atoms with Crippen molar-refractivity contribution in [1.82, 2.24) is 9.38 Å². The molecule has 0 aliphatic rings. The molecule has 0 radical (unpaired) electrons. The van der Waals surface area contributed by atoms with E-state index in [2.05, 4.69) is 4.98 Å². The number of benzene rings is 1. The number of aryl methyl sites for hydroxylation is 2. The predicted molar refractivity (Wildman–Crippen MR) is 78.3 cm³/mol. The molecule has 0 spiro atoms. The Kier molecular flexibility index (Phi) is 2.86. The number of nitrogens with zero attached hydrogens (tertiary/aromatic N) is 2. The van der Waals surface area contributed by atoms with Gasteiger partial charge in [0, 0.05) is 18.0 Å². The van der Waals surface area contributed by atoms with Gasteiger partial charge in [0.15, 0.2) is 11.4 Å². The van der Waals surface area contributed by atoms with Gasteiger partial charge in [0.1, 0.15) is 5.75 Å². The summed E-state index contributed by atoms with van der Waals surface area (Å²) in [6.45, 7) is 4.07. The van der Waals surface area contributed by atoms with E-state index in [1.165, 1.54) is 0 Å². The number of rotatable bonds is 2. The molecule has 20 heavy (non-hydrogen) atoms. The van der Waals surface area contributed by atoms with Crippen LogP contribution in [0.3, 0.4) is 0 Å². The summed E-state index contributed by atoms with van der Waals surface area (Å²) < 4.78 is 7.11. The van der Waals surface area contributed by atoms with Gasteiger partial charge in [0.2, 0.25) is 0 Å². The van der Waals surface area contributed by atoms with Crippen molar-refractivity contribution in [1.29, 1.82) is 0 Å². The summed E-state index contributed by atoms with van der Waals surface area (Å²) in [5.74, 6) is 1.03. The zero-order valence-electron chi connectivity index (χ0n) is 11.7. The van der Waals surface area contributed by atoms with Crippen LogP contribution in [-0.4, -0.2) is 21.6 Å². The molecule has 0 unspecified atom stereocenters. The number of hydrogen-bond acceptors (Lipinski definition) is 3. The zero-order valence-corrected chi connectivity index (χ0v) is 11.7. The molecule has 4 heteroatoms. The van der Waals surface area contributed by atoms with E-state index in [0.29, 0.717) is 5.65 Å². The number of pyridine rings is 1. The molecule has 0 aliphatic heterocycles. The SMILES string of the molecule is COc1cc(C)c(-c2cn3cccc(O)c3n2)c(C)c1. The molecule has 3 rings (SSSR count). The molecule has 2 aromatic heterocycles. The van der Waals surface area contributed by atoms with E-state index in [4.69, 9.17) is 4.74 Å². The van der Waals surface area contributed by atoms with Crippen LogP contribution in [0.15, 0.2) is 36.7 Å². The molecule has 0 bridgehead atoms. The Morgan fingerprint density at radius 3 is 2.50 bits per heavy atom. The smallest absolute Gasteiger partial charge is 0.180 e. The molecular weight excluding hydrogens is 252 g/mol. The van der Waals surface area contributed by atoms with Crippen LogP contribution in [0.5, 0.6) is 11.5 Å². The summed E-state index contributed by atoms with van der Waals surface area (Å²) in [5.41, 5.74) is 4.70. The minimum atomic E-state index is 0.183. The zero-order chi connectivity index (χ0) is 14.3. The Morgan fingerprint density at radius 2 is 1.90 bits per heavy atom. The Labute approximate surface area is 117 Å².